The Hall–Kier alpha value is -2.76. The zero-order valence-corrected chi connectivity index (χ0v) is 15.1. The van der Waals surface area contributed by atoms with Crippen LogP contribution in [-0.4, -0.2) is 48.5 Å². The van der Waals surface area contributed by atoms with Crippen molar-refractivity contribution in [1.82, 2.24) is 25.1 Å². The van der Waals surface area contributed by atoms with Crippen LogP contribution in [0, 0.1) is 0 Å². The van der Waals surface area contributed by atoms with Crippen LogP contribution in [0.15, 0.2) is 42.6 Å². The lowest BCUT2D eigenvalue weighted by atomic mass is 10.1. The first-order chi connectivity index (χ1) is 12.5. The molecule has 26 heavy (non-hydrogen) atoms. The van der Waals surface area contributed by atoms with Gasteiger partial charge in [0.1, 0.15) is 11.5 Å². The van der Waals surface area contributed by atoms with Gasteiger partial charge in [0.15, 0.2) is 11.5 Å². The molecule has 1 aliphatic heterocycles. The highest BCUT2D eigenvalue weighted by Gasteiger charge is 2.38. The van der Waals surface area contributed by atoms with Crippen molar-refractivity contribution in [1.29, 1.82) is 0 Å². The molecule has 2 aromatic rings. The van der Waals surface area contributed by atoms with Crippen molar-refractivity contribution in [3.05, 3.63) is 42.6 Å². The second kappa shape index (κ2) is 7.23. The number of hydrogen-bond acceptors (Lipinski definition) is 8. The van der Waals surface area contributed by atoms with Crippen molar-refractivity contribution in [2.45, 2.75) is 12.6 Å². The van der Waals surface area contributed by atoms with Crippen molar-refractivity contribution >= 4 is 22.9 Å². The third-order valence-corrected chi connectivity index (χ3v) is 4.24. The van der Waals surface area contributed by atoms with E-state index >= 15 is 0 Å². The molecule has 11 heteroatoms. The zero-order chi connectivity index (χ0) is 18.7. The van der Waals surface area contributed by atoms with E-state index in [1.54, 1.807) is 43.7 Å². The highest BCUT2D eigenvalue weighted by molar-refractivity contribution is 7.80. The van der Waals surface area contributed by atoms with Crippen molar-refractivity contribution < 1.29 is 18.2 Å². The monoisotopic (exact) mass is 377 g/mol. The van der Waals surface area contributed by atoms with Crippen molar-refractivity contribution in [3.8, 4) is 11.4 Å². The van der Waals surface area contributed by atoms with E-state index in [4.69, 9.17) is 9.47 Å². The van der Waals surface area contributed by atoms with E-state index in [9.17, 15) is 8.76 Å². The fourth-order valence-electron chi connectivity index (χ4n) is 2.62. The molecule has 2 unspecified atom stereocenters. The molecule has 0 aliphatic carbocycles. The smallest absolute Gasteiger partial charge is 0.240 e. The lowest BCUT2D eigenvalue weighted by Gasteiger charge is -2.35. The van der Waals surface area contributed by atoms with Crippen LogP contribution in [0.4, 0.5) is 5.95 Å². The van der Waals surface area contributed by atoms with E-state index in [0.29, 0.717) is 22.8 Å². The Balaban J connectivity index is 2.30. The lowest BCUT2D eigenvalue weighted by Crippen LogP contribution is -2.46. The Labute approximate surface area is 152 Å². The molecule has 2 atom stereocenters. The van der Waals surface area contributed by atoms with Crippen LogP contribution < -0.4 is 10.0 Å². The van der Waals surface area contributed by atoms with Gasteiger partial charge in [0.05, 0.1) is 7.11 Å². The van der Waals surface area contributed by atoms with Crippen LogP contribution in [-0.2, 0) is 20.7 Å². The van der Waals surface area contributed by atoms with Crippen molar-refractivity contribution in [2.24, 2.45) is 0 Å². The van der Waals surface area contributed by atoms with Crippen molar-refractivity contribution in [2.75, 3.05) is 18.9 Å². The van der Waals surface area contributed by atoms with E-state index in [-0.39, 0.29) is 5.95 Å². The molecule has 0 saturated heterocycles. The van der Waals surface area contributed by atoms with Gasteiger partial charge in [0.2, 0.25) is 5.95 Å². The second-order valence-corrected chi connectivity index (χ2v) is 6.07. The third kappa shape index (κ3) is 3.19. The number of allylic oxidation sites excluding steroid dienone is 1. The molecule has 0 aromatic carbocycles. The van der Waals surface area contributed by atoms with Gasteiger partial charge < -0.3 is 19.3 Å². The Morgan fingerprint density at radius 1 is 1.38 bits per heavy atom. The quantitative estimate of drug-likeness (QED) is 0.709. The number of anilines is 1. The van der Waals surface area contributed by atoms with Gasteiger partial charge >= 0.3 is 0 Å². The second-order valence-electron chi connectivity index (χ2n) is 5.39. The number of pyridine rings is 1. The number of nitrogens with zero attached hydrogens (tertiary/aromatic N) is 4. The summed E-state index contributed by atoms with van der Waals surface area (Å²) >= 11 is -2.60. The minimum atomic E-state index is -2.60. The van der Waals surface area contributed by atoms with Gasteiger partial charge in [-0.2, -0.15) is 0 Å². The summed E-state index contributed by atoms with van der Waals surface area (Å²) in [7, 11) is 3.03. The molecular weight excluding hydrogens is 360 g/mol. The molecule has 0 spiro atoms. The molecule has 2 aromatic heterocycles. The maximum atomic E-state index is 11.2. The first kappa shape index (κ1) is 18.0. The standard InChI is InChI=1S/C15H18N6O4S/c1-15(25-3)12(11(24-2)6-8-17-15)21-13(10-5-4-7-16-9-10)18-19-14(21)20-26(22)23/h4-9,17H,1-3H3,(H,19,20)(H,22,23)/p-1. The van der Waals surface area contributed by atoms with E-state index in [2.05, 4.69) is 25.2 Å². The molecule has 0 saturated carbocycles. The summed E-state index contributed by atoms with van der Waals surface area (Å²) in [6, 6.07) is 3.53. The van der Waals surface area contributed by atoms with E-state index in [1.165, 1.54) is 18.8 Å². The number of aromatic nitrogens is 4. The Bertz CT molecular complexity index is 882. The highest BCUT2D eigenvalue weighted by atomic mass is 32.2. The van der Waals surface area contributed by atoms with Gasteiger partial charge in [0.25, 0.3) is 0 Å². The largest absolute Gasteiger partial charge is 0.755 e. The van der Waals surface area contributed by atoms with E-state index in [0.717, 1.165) is 0 Å². The number of dihydropyridines is 1. The van der Waals surface area contributed by atoms with Gasteiger partial charge in [-0.25, -0.2) is 0 Å². The minimum Gasteiger partial charge on any atom is -0.755 e. The van der Waals surface area contributed by atoms with Crippen LogP contribution in [0.2, 0.25) is 0 Å². The average Bonchev–Trinajstić information content (AvgIpc) is 3.04. The Morgan fingerprint density at radius 2 is 2.19 bits per heavy atom. The van der Waals surface area contributed by atoms with Gasteiger partial charge in [0, 0.05) is 42.5 Å². The van der Waals surface area contributed by atoms with Crippen LogP contribution in [0.3, 0.4) is 0 Å². The van der Waals surface area contributed by atoms with Gasteiger partial charge in [-0.15, -0.1) is 10.2 Å². The number of methoxy groups -OCH3 is 2. The molecule has 2 N–H and O–H groups in total. The highest BCUT2D eigenvalue weighted by Crippen LogP contribution is 2.35. The van der Waals surface area contributed by atoms with Crippen LogP contribution in [0.25, 0.3) is 17.1 Å². The first-order valence-corrected chi connectivity index (χ1v) is 8.58. The van der Waals surface area contributed by atoms with Crippen LogP contribution in [0.5, 0.6) is 0 Å². The predicted octanol–water partition coefficient (Wildman–Crippen LogP) is 0.841. The maximum Gasteiger partial charge on any atom is 0.240 e. The molecule has 0 amide bonds. The number of rotatable bonds is 6. The number of hydrogen-bond donors (Lipinski definition) is 2. The molecule has 138 valence electrons. The summed E-state index contributed by atoms with van der Waals surface area (Å²) in [5, 5.41) is 11.2. The topological polar surface area (TPSA) is 126 Å². The third-order valence-electron chi connectivity index (χ3n) is 3.89. The molecule has 1 aliphatic rings. The molecule has 3 heterocycles. The average molecular weight is 377 g/mol. The molecule has 0 bridgehead atoms. The van der Waals surface area contributed by atoms with Crippen LogP contribution in [0.1, 0.15) is 6.92 Å². The molecule has 0 radical (unpaired) electrons. The summed E-state index contributed by atoms with van der Waals surface area (Å²) in [6.07, 6.45) is 6.60. The first-order valence-electron chi connectivity index (χ1n) is 7.50. The van der Waals surface area contributed by atoms with Crippen molar-refractivity contribution in [3.63, 3.8) is 0 Å². The Morgan fingerprint density at radius 3 is 2.81 bits per heavy atom. The van der Waals surface area contributed by atoms with Gasteiger partial charge in [-0.1, -0.05) is 0 Å². The predicted molar refractivity (Wildman–Crippen MR) is 93.7 cm³/mol. The summed E-state index contributed by atoms with van der Waals surface area (Å²) in [5.74, 6) is 0.816. The molecular formula is C15H17N6O4S-. The van der Waals surface area contributed by atoms with E-state index < -0.39 is 17.0 Å². The molecule has 10 nitrogen and oxygen atoms in total. The number of nitrogens with one attached hydrogen (secondary N) is 2. The van der Waals surface area contributed by atoms with E-state index in [1.807, 2.05) is 0 Å². The zero-order valence-electron chi connectivity index (χ0n) is 14.3. The summed E-state index contributed by atoms with van der Waals surface area (Å²) in [5.41, 5.74) is 0.0859. The summed E-state index contributed by atoms with van der Waals surface area (Å²) in [4.78, 5) is 4.08. The lowest BCUT2D eigenvalue weighted by molar-refractivity contribution is 0.0309. The fraction of sp³-hybridized carbons (Fsp3) is 0.267. The normalized spacial score (nSPS) is 20.6. The number of ether oxygens (including phenoxy) is 2. The SMILES string of the molecule is COC1=C(n2c(NS(=O)[O-])nnc2-c2cccnc2)C(C)(OC)NC=C1. The molecule has 3 rings (SSSR count). The minimum absolute atomic E-state index is 0.0119. The molecule has 0 fully saturated rings. The summed E-state index contributed by atoms with van der Waals surface area (Å²) < 4.78 is 37.3. The fourth-order valence-corrected chi connectivity index (χ4v) is 2.90. The summed E-state index contributed by atoms with van der Waals surface area (Å²) in [6.45, 7) is 1.77. The van der Waals surface area contributed by atoms with Crippen LogP contribution >= 0.6 is 0 Å². The maximum absolute atomic E-state index is 11.2. The van der Waals surface area contributed by atoms with Gasteiger partial charge in [-0.05, 0) is 25.1 Å². The van der Waals surface area contributed by atoms with Gasteiger partial charge in [-0.3, -0.25) is 18.5 Å². The Kier molecular flexibility index (Phi) is 5.02.